The van der Waals surface area contributed by atoms with Gasteiger partial charge in [-0.15, -0.1) is 0 Å². The maximum Gasteiger partial charge on any atom is 0.416 e. The molecule has 0 atom stereocenters. The third-order valence-corrected chi connectivity index (χ3v) is 4.81. The van der Waals surface area contributed by atoms with Crippen molar-refractivity contribution in [3.8, 4) is 11.3 Å². The van der Waals surface area contributed by atoms with Gasteiger partial charge in [-0.1, -0.05) is 23.7 Å². The van der Waals surface area contributed by atoms with Gasteiger partial charge in [0.1, 0.15) is 5.56 Å². The van der Waals surface area contributed by atoms with Crippen LogP contribution in [-0.2, 0) is 6.18 Å². The Morgan fingerprint density at radius 2 is 1.68 bits per heavy atom. The molecule has 0 aliphatic rings. The van der Waals surface area contributed by atoms with E-state index in [0.717, 1.165) is 18.2 Å². The summed E-state index contributed by atoms with van der Waals surface area (Å²) in [5.74, 6) is -0.357. The molecule has 1 heterocycles. The number of nitrogen functional groups attached to an aromatic ring is 1. The van der Waals surface area contributed by atoms with Crippen molar-refractivity contribution in [3.05, 3.63) is 58.6 Å². The molecular weight excluding hydrogens is 473 g/mol. The molecule has 0 unspecified atom stereocenters. The molecule has 34 heavy (non-hydrogen) atoms. The van der Waals surface area contributed by atoms with Crippen LogP contribution in [0.15, 0.2) is 42.5 Å². The summed E-state index contributed by atoms with van der Waals surface area (Å²) in [6.07, 6.45) is -4.58. The average molecular weight is 495 g/mol. The number of benzene rings is 2. The van der Waals surface area contributed by atoms with E-state index in [1.165, 1.54) is 0 Å². The van der Waals surface area contributed by atoms with Gasteiger partial charge in [-0.3, -0.25) is 9.89 Å². The number of urea groups is 1. The third kappa shape index (κ3) is 5.98. The number of nitrogens with zero attached hydrogens (tertiary/aromatic N) is 1. The number of halogens is 4. The summed E-state index contributed by atoms with van der Waals surface area (Å²) in [7, 11) is 0. The molecule has 2 aromatic carbocycles. The lowest BCUT2D eigenvalue weighted by Crippen LogP contribution is -2.40. The van der Waals surface area contributed by atoms with E-state index in [9.17, 15) is 22.8 Å². The van der Waals surface area contributed by atoms with Crippen LogP contribution in [0.25, 0.3) is 11.3 Å². The normalized spacial score (nSPS) is 11.7. The number of aromatic nitrogens is 2. The highest BCUT2D eigenvalue weighted by Gasteiger charge is 2.31. The lowest BCUT2D eigenvalue weighted by atomic mass is 10.0. The molecule has 0 spiro atoms. The summed E-state index contributed by atoms with van der Waals surface area (Å²) in [6.45, 7) is 5.50. The summed E-state index contributed by atoms with van der Waals surface area (Å²) in [6, 6.07) is 8.17. The second-order valence-corrected chi connectivity index (χ2v) is 8.82. The van der Waals surface area contributed by atoms with Crippen LogP contribution in [0.2, 0.25) is 5.02 Å². The summed E-state index contributed by atoms with van der Waals surface area (Å²) < 4.78 is 38.7. The molecule has 3 amide bonds. The van der Waals surface area contributed by atoms with Gasteiger partial charge in [-0.2, -0.15) is 18.3 Å². The van der Waals surface area contributed by atoms with Gasteiger partial charge in [0, 0.05) is 16.8 Å². The van der Waals surface area contributed by atoms with Crippen molar-refractivity contribution in [2.75, 3.05) is 16.4 Å². The molecule has 180 valence electrons. The molecule has 0 saturated heterocycles. The Hall–Kier alpha value is -3.73. The summed E-state index contributed by atoms with van der Waals surface area (Å²) >= 11 is 5.90. The fourth-order valence-corrected chi connectivity index (χ4v) is 3.16. The molecule has 3 aromatic rings. The van der Waals surface area contributed by atoms with Crippen molar-refractivity contribution < 1.29 is 22.8 Å². The second kappa shape index (κ2) is 9.26. The molecule has 0 fully saturated rings. The highest BCUT2D eigenvalue weighted by molar-refractivity contribution is 6.33. The first kappa shape index (κ1) is 24.9. The molecule has 0 aliphatic heterocycles. The summed E-state index contributed by atoms with van der Waals surface area (Å²) in [5.41, 5.74) is 5.76. The zero-order valence-corrected chi connectivity index (χ0v) is 19.2. The fourth-order valence-electron chi connectivity index (χ4n) is 3.00. The SMILES string of the molecule is CC(C)(C)NC(=O)c1c(N)n[nH]c1-c1ccc(NC(=O)Nc2cc(C(F)(F)F)ccc2Cl)cc1. The number of aromatic amines is 1. The number of hydrogen-bond donors (Lipinski definition) is 5. The van der Waals surface area contributed by atoms with Crippen molar-refractivity contribution >= 4 is 40.7 Å². The van der Waals surface area contributed by atoms with E-state index < -0.39 is 29.2 Å². The van der Waals surface area contributed by atoms with Crippen LogP contribution in [0, 0.1) is 0 Å². The van der Waals surface area contributed by atoms with E-state index in [0.29, 0.717) is 16.9 Å². The van der Waals surface area contributed by atoms with Crippen molar-refractivity contribution in [2.24, 2.45) is 0 Å². The number of amides is 3. The van der Waals surface area contributed by atoms with E-state index in [1.807, 2.05) is 20.8 Å². The van der Waals surface area contributed by atoms with Gasteiger partial charge < -0.3 is 21.7 Å². The monoisotopic (exact) mass is 494 g/mol. The van der Waals surface area contributed by atoms with Gasteiger partial charge in [-0.25, -0.2) is 4.79 Å². The highest BCUT2D eigenvalue weighted by Crippen LogP contribution is 2.34. The first-order valence-corrected chi connectivity index (χ1v) is 10.3. The largest absolute Gasteiger partial charge is 0.416 e. The van der Waals surface area contributed by atoms with Crippen molar-refractivity contribution in [1.29, 1.82) is 0 Å². The van der Waals surface area contributed by atoms with E-state index in [1.54, 1.807) is 24.3 Å². The molecule has 3 rings (SSSR count). The molecule has 6 N–H and O–H groups in total. The Morgan fingerprint density at radius 1 is 1.03 bits per heavy atom. The zero-order valence-electron chi connectivity index (χ0n) is 18.4. The lowest BCUT2D eigenvalue weighted by molar-refractivity contribution is -0.137. The van der Waals surface area contributed by atoms with Crippen LogP contribution in [0.1, 0.15) is 36.7 Å². The number of hydrogen-bond acceptors (Lipinski definition) is 4. The Balaban J connectivity index is 1.74. The molecule has 1 aromatic heterocycles. The standard InChI is InChI=1S/C22H22ClF3N6O2/c1-21(2,3)30-19(33)16-17(31-32-18(16)27)11-4-7-13(8-5-11)28-20(34)29-15-10-12(22(24,25)26)6-9-14(15)23/h4-10H,1-3H3,(H,30,33)(H3,27,31,32)(H2,28,29,34). The van der Waals surface area contributed by atoms with Crippen LogP contribution in [0.5, 0.6) is 0 Å². The Bertz CT molecular complexity index is 1220. The predicted molar refractivity (Wildman–Crippen MR) is 125 cm³/mol. The van der Waals surface area contributed by atoms with Crippen molar-refractivity contribution in [3.63, 3.8) is 0 Å². The third-order valence-electron chi connectivity index (χ3n) is 4.48. The summed E-state index contributed by atoms with van der Waals surface area (Å²) in [4.78, 5) is 24.9. The minimum Gasteiger partial charge on any atom is -0.382 e. The quantitative estimate of drug-likeness (QED) is 0.328. The number of H-pyrrole nitrogens is 1. The van der Waals surface area contributed by atoms with Gasteiger partial charge in [0.25, 0.3) is 5.91 Å². The predicted octanol–water partition coefficient (Wildman–Crippen LogP) is 5.50. The first-order valence-electron chi connectivity index (χ1n) is 9.96. The molecule has 0 saturated carbocycles. The Labute approximate surface area is 198 Å². The average Bonchev–Trinajstić information content (AvgIpc) is 3.09. The fraction of sp³-hybridized carbons (Fsp3) is 0.227. The van der Waals surface area contributed by atoms with Gasteiger partial charge in [0.15, 0.2) is 5.82 Å². The Kier molecular flexibility index (Phi) is 6.78. The van der Waals surface area contributed by atoms with E-state index in [4.69, 9.17) is 17.3 Å². The smallest absolute Gasteiger partial charge is 0.382 e. The lowest BCUT2D eigenvalue weighted by Gasteiger charge is -2.20. The molecule has 8 nitrogen and oxygen atoms in total. The Morgan fingerprint density at radius 3 is 2.26 bits per heavy atom. The number of nitrogens with two attached hydrogens (primary N) is 1. The van der Waals surface area contributed by atoms with Gasteiger partial charge >= 0.3 is 12.2 Å². The second-order valence-electron chi connectivity index (χ2n) is 8.41. The molecule has 0 radical (unpaired) electrons. The van der Waals surface area contributed by atoms with Crippen LogP contribution in [0.4, 0.5) is 35.2 Å². The van der Waals surface area contributed by atoms with Gasteiger partial charge in [-0.05, 0) is 51.1 Å². The minimum atomic E-state index is -4.58. The number of rotatable bonds is 4. The highest BCUT2D eigenvalue weighted by atomic mass is 35.5. The molecule has 0 bridgehead atoms. The number of carbonyl (C=O) groups excluding carboxylic acids is 2. The zero-order chi connectivity index (χ0) is 25.3. The molecule has 12 heteroatoms. The van der Waals surface area contributed by atoms with Crippen LogP contribution in [-0.4, -0.2) is 27.7 Å². The van der Waals surface area contributed by atoms with Crippen molar-refractivity contribution in [1.82, 2.24) is 15.5 Å². The number of carbonyl (C=O) groups is 2. The number of alkyl halides is 3. The minimum absolute atomic E-state index is 0.0382. The molecular formula is C22H22ClF3N6O2. The first-order chi connectivity index (χ1) is 15.7. The molecule has 0 aliphatic carbocycles. The number of anilines is 3. The topological polar surface area (TPSA) is 125 Å². The van der Waals surface area contributed by atoms with Crippen molar-refractivity contribution in [2.45, 2.75) is 32.5 Å². The van der Waals surface area contributed by atoms with E-state index in [2.05, 4.69) is 26.1 Å². The van der Waals surface area contributed by atoms with E-state index in [-0.39, 0.29) is 22.1 Å². The van der Waals surface area contributed by atoms with Crippen LogP contribution >= 0.6 is 11.6 Å². The maximum atomic E-state index is 12.9. The maximum absolute atomic E-state index is 12.9. The van der Waals surface area contributed by atoms with E-state index >= 15 is 0 Å². The van der Waals surface area contributed by atoms with Crippen LogP contribution < -0.4 is 21.7 Å². The summed E-state index contributed by atoms with van der Waals surface area (Å²) in [5, 5.41) is 14.2. The van der Waals surface area contributed by atoms with Crippen LogP contribution in [0.3, 0.4) is 0 Å². The number of nitrogens with one attached hydrogen (secondary N) is 4. The van der Waals surface area contributed by atoms with Gasteiger partial charge in [0.05, 0.1) is 22.0 Å². The van der Waals surface area contributed by atoms with Gasteiger partial charge in [0.2, 0.25) is 0 Å².